The molecule has 5 heteroatoms. The van der Waals surface area contributed by atoms with Gasteiger partial charge in [-0.2, -0.15) is 0 Å². The largest absolute Gasteiger partial charge is 0.494 e. The van der Waals surface area contributed by atoms with Crippen LogP contribution < -0.4 is 10.5 Å². The number of amides is 1. The Labute approximate surface area is 139 Å². The molecule has 1 aliphatic heterocycles. The van der Waals surface area contributed by atoms with Gasteiger partial charge in [0.1, 0.15) is 5.75 Å². The van der Waals surface area contributed by atoms with E-state index in [-0.39, 0.29) is 11.9 Å². The van der Waals surface area contributed by atoms with Crippen LogP contribution in [-0.2, 0) is 11.3 Å². The van der Waals surface area contributed by atoms with Gasteiger partial charge in [-0.3, -0.25) is 9.69 Å². The lowest BCUT2D eigenvalue weighted by Gasteiger charge is -2.36. The van der Waals surface area contributed by atoms with Crippen LogP contribution in [0, 0.1) is 0 Å². The molecular weight excluding hydrogens is 290 g/mol. The van der Waals surface area contributed by atoms with Crippen LogP contribution in [0.1, 0.15) is 32.3 Å². The highest BCUT2D eigenvalue weighted by Crippen LogP contribution is 2.15. The third kappa shape index (κ3) is 5.22. The second kappa shape index (κ2) is 8.89. The molecule has 23 heavy (non-hydrogen) atoms. The molecule has 1 amide bonds. The SMILES string of the molecule is CCCC(N)C(=O)N1CCN(Cc2ccc(OCC)cc2)CC1. The molecule has 0 aliphatic carbocycles. The van der Waals surface area contributed by atoms with E-state index in [2.05, 4.69) is 24.0 Å². The predicted octanol–water partition coefficient (Wildman–Crippen LogP) is 1.86. The Kier molecular flexibility index (Phi) is 6.86. The summed E-state index contributed by atoms with van der Waals surface area (Å²) in [7, 11) is 0. The maximum absolute atomic E-state index is 12.2. The van der Waals surface area contributed by atoms with Gasteiger partial charge in [0.2, 0.25) is 5.91 Å². The molecule has 1 aromatic rings. The summed E-state index contributed by atoms with van der Waals surface area (Å²) < 4.78 is 5.46. The van der Waals surface area contributed by atoms with Gasteiger partial charge in [-0.05, 0) is 31.0 Å². The van der Waals surface area contributed by atoms with Gasteiger partial charge < -0.3 is 15.4 Å². The molecule has 2 rings (SSSR count). The van der Waals surface area contributed by atoms with E-state index in [4.69, 9.17) is 10.5 Å². The van der Waals surface area contributed by atoms with Crippen molar-refractivity contribution in [3.63, 3.8) is 0 Å². The molecule has 1 saturated heterocycles. The number of piperazine rings is 1. The zero-order valence-electron chi connectivity index (χ0n) is 14.3. The number of rotatable bonds is 7. The Morgan fingerprint density at radius 1 is 1.17 bits per heavy atom. The third-order valence-electron chi connectivity index (χ3n) is 4.24. The first-order valence-corrected chi connectivity index (χ1v) is 8.62. The van der Waals surface area contributed by atoms with Crippen LogP contribution in [0.5, 0.6) is 5.75 Å². The minimum atomic E-state index is -0.336. The highest BCUT2D eigenvalue weighted by molar-refractivity contribution is 5.81. The molecule has 1 fully saturated rings. The Bertz CT molecular complexity index is 482. The zero-order valence-corrected chi connectivity index (χ0v) is 14.3. The number of nitrogens with two attached hydrogens (primary N) is 1. The van der Waals surface area contributed by atoms with Crippen LogP contribution in [0.25, 0.3) is 0 Å². The van der Waals surface area contributed by atoms with Crippen molar-refractivity contribution in [3.8, 4) is 5.75 Å². The fraction of sp³-hybridized carbons (Fsp3) is 0.611. The molecule has 5 nitrogen and oxygen atoms in total. The summed E-state index contributed by atoms with van der Waals surface area (Å²) >= 11 is 0. The monoisotopic (exact) mass is 319 g/mol. The number of carbonyl (C=O) groups excluding carboxylic acids is 1. The first kappa shape index (κ1) is 17.8. The molecular formula is C18H29N3O2. The van der Waals surface area contributed by atoms with Crippen molar-refractivity contribution in [3.05, 3.63) is 29.8 Å². The lowest BCUT2D eigenvalue weighted by Crippen LogP contribution is -2.52. The van der Waals surface area contributed by atoms with E-state index in [0.29, 0.717) is 6.61 Å². The highest BCUT2D eigenvalue weighted by atomic mass is 16.5. The van der Waals surface area contributed by atoms with Crippen LogP contribution in [0.15, 0.2) is 24.3 Å². The lowest BCUT2D eigenvalue weighted by molar-refractivity contribution is -0.134. The van der Waals surface area contributed by atoms with Crippen molar-refractivity contribution in [1.82, 2.24) is 9.80 Å². The first-order valence-electron chi connectivity index (χ1n) is 8.62. The molecule has 0 spiro atoms. The fourth-order valence-electron chi connectivity index (χ4n) is 2.91. The fourth-order valence-corrected chi connectivity index (χ4v) is 2.91. The van der Waals surface area contributed by atoms with Crippen LogP contribution in [-0.4, -0.2) is 54.5 Å². The molecule has 1 atom stereocenters. The quantitative estimate of drug-likeness (QED) is 0.833. The second-order valence-electron chi connectivity index (χ2n) is 6.07. The van der Waals surface area contributed by atoms with Gasteiger partial charge in [0.05, 0.1) is 12.6 Å². The van der Waals surface area contributed by atoms with E-state index < -0.39 is 0 Å². The smallest absolute Gasteiger partial charge is 0.239 e. The average molecular weight is 319 g/mol. The maximum atomic E-state index is 12.2. The van der Waals surface area contributed by atoms with Gasteiger partial charge >= 0.3 is 0 Å². The van der Waals surface area contributed by atoms with Gasteiger partial charge in [-0.15, -0.1) is 0 Å². The molecule has 2 N–H and O–H groups in total. The number of carbonyl (C=O) groups is 1. The molecule has 1 unspecified atom stereocenters. The molecule has 0 radical (unpaired) electrons. The summed E-state index contributed by atoms with van der Waals surface area (Å²) in [6.45, 7) is 8.99. The van der Waals surface area contributed by atoms with Crippen molar-refractivity contribution < 1.29 is 9.53 Å². The molecule has 0 saturated carbocycles. The van der Waals surface area contributed by atoms with Crippen molar-refractivity contribution >= 4 is 5.91 Å². The molecule has 128 valence electrons. The minimum Gasteiger partial charge on any atom is -0.494 e. The van der Waals surface area contributed by atoms with E-state index in [1.165, 1.54) is 5.56 Å². The van der Waals surface area contributed by atoms with Crippen LogP contribution in [0.4, 0.5) is 0 Å². The number of ether oxygens (including phenoxy) is 1. The molecule has 1 aromatic carbocycles. The van der Waals surface area contributed by atoms with Gasteiger partial charge in [0.25, 0.3) is 0 Å². The molecule has 1 aliphatic rings. The van der Waals surface area contributed by atoms with Crippen molar-refractivity contribution in [1.29, 1.82) is 0 Å². The third-order valence-corrected chi connectivity index (χ3v) is 4.24. The van der Waals surface area contributed by atoms with Gasteiger partial charge in [0.15, 0.2) is 0 Å². The van der Waals surface area contributed by atoms with E-state index in [1.807, 2.05) is 24.0 Å². The van der Waals surface area contributed by atoms with E-state index in [9.17, 15) is 4.79 Å². The van der Waals surface area contributed by atoms with E-state index >= 15 is 0 Å². The summed E-state index contributed by atoms with van der Waals surface area (Å²) in [5, 5.41) is 0. The summed E-state index contributed by atoms with van der Waals surface area (Å²) in [5.41, 5.74) is 7.21. The van der Waals surface area contributed by atoms with Gasteiger partial charge in [0, 0.05) is 32.7 Å². The summed E-state index contributed by atoms with van der Waals surface area (Å²) in [6.07, 6.45) is 1.72. The molecule has 0 bridgehead atoms. The van der Waals surface area contributed by atoms with Crippen molar-refractivity contribution in [2.45, 2.75) is 39.3 Å². The zero-order chi connectivity index (χ0) is 16.7. The van der Waals surface area contributed by atoms with Crippen LogP contribution in [0.3, 0.4) is 0 Å². The Morgan fingerprint density at radius 2 is 1.83 bits per heavy atom. The topological polar surface area (TPSA) is 58.8 Å². The lowest BCUT2D eigenvalue weighted by atomic mass is 10.1. The van der Waals surface area contributed by atoms with Crippen molar-refractivity contribution in [2.75, 3.05) is 32.8 Å². The maximum Gasteiger partial charge on any atom is 0.239 e. The van der Waals surface area contributed by atoms with Gasteiger partial charge in [-0.1, -0.05) is 25.5 Å². The Hall–Kier alpha value is -1.59. The van der Waals surface area contributed by atoms with E-state index in [1.54, 1.807) is 0 Å². The number of hydrogen-bond acceptors (Lipinski definition) is 4. The van der Waals surface area contributed by atoms with Crippen molar-refractivity contribution in [2.24, 2.45) is 5.73 Å². The second-order valence-corrected chi connectivity index (χ2v) is 6.07. The minimum absolute atomic E-state index is 0.104. The highest BCUT2D eigenvalue weighted by Gasteiger charge is 2.24. The first-order chi connectivity index (χ1) is 11.1. The summed E-state index contributed by atoms with van der Waals surface area (Å²) in [5.74, 6) is 1.02. The number of nitrogens with zero attached hydrogens (tertiary/aromatic N) is 2. The van der Waals surface area contributed by atoms with Crippen LogP contribution >= 0.6 is 0 Å². The standard InChI is InChI=1S/C18H29N3O2/c1-3-5-17(19)18(22)21-12-10-20(11-13-21)14-15-6-8-16(9-7-15)23-4-2/h6-9,17H,3-5,10-14,19H2,1-2H3. The Balaban J connectivity index is 1.79. The average Bonchev–Trinajstić information content (AvgIpc) is 2.57. The summed E-state index contributed by atoms with van der Waals surface area (Å²) in [6, 6.07) is 7.92. The number of hydrogen-bond donors (Lipinski definition) is 1. The molecule has 1 heterocycles. The Morgan fingerprint density at radius 3 is 2.39 bits per heavy atom. The predicted molar refractivity (Wildman–Crippen MR) is 92.4 cm³/mol. The van der Waals surface area contributed by atoms with E-state index in [0.717, 1.165) is 51.3 Å². The summed E-state index contributed by atoms with van der Waals surface area (Å²) in [4.78, 5) is 16.5. The molecule has 0 aromatic heterocycles. The number of benzene rings is 1. The normalized spacial score (nSPS) is 17.1. The van der Waals surface area contributed by atoms with Gasteiger partial charge in [-0.25, -0.2) is 0 Å². The van der Waals surface area contributed by atoms with Crippen LogP contribution in [0.2, 0.25) is 0 Å².